The van der Waals surface area contributed by atoms with Gasteiger partial charge in [0, 0.05) is 6.54 Å². The van der Waals surface area contributed by atoms with Crippen LogP contribution in [0, 0.1) is 6.92 Å². The van der Waals surface area contributed by atoms with Gasteiger partial charge in [-0.05, 0) is 79.4 Å². The lowest BCUT2D eigenvalue weighted by atomic mass is 10.0. The molecule has 0 bridgehead atoms. The zero-order valence-electron chi connectivity index (χ0n) is 15.6. The van der Waals surface area contributed by atoms with Gasteiger partial charge in [0.15, 0.2) is 5.17 Å². The molecule has 2 aromatic rings. The van der Waals surface area contributed by atoms with Crippen molar-refractivity contribution in [1.82, 2.24) is 0 Å². The van der Waals surface area contributed by atoms with Crippen LogP contribution in [0.5, 0.6) is 5.75 Å². The number of aliphatic imine (C=N–C) groups is 1. The van der Waals surface area contributed by atoms with Crippen molar-refractivity contribution in [1.29, 1.82) is 0 Å². The number of para-hydroxylation sites is 1. The van der Waals surface area contributed by atoms with Crippen LogP contribution >= 0.6 is 11.8 Å². The summed E-state index contributed by atoms with van der Waals surface area (Å²) in [5.41, 5.74) is 4.19. The first kappa shape index (κ1) is 17.9. The highest BCUT2D eigenvalue weighted by Gasteiger charge is 2.35. The maximum Gasteiger partial charge on any atom is 0.271 e. The van der Waals surface area contributed by atoms with E-state index in [4.69, 9.17) is 4.74 Å². The number of hydrogen-bond donors (Lipinski definition) is 0. The molecule has 0 spiro atoms. The quantitative estimate of drug-likeness (QED) is 0.719. The molecule has 4 nitrogen and oxygen atoms in total. The molecule has 5 heteroatoms. The second-order valence-corrected chi connectivity index (χ2v) is 7.62. The Morgan fingerprint density at radius 1 is 1.26 bits per heavy atom. The normalized spacial score (nSPS) is 19.5. The van der Waals surface area contributed by atoms with Crippen LogP contribution in [0.1, 0.15) is 30.0 Å². The summed E-state index contributed by atoms with van der Waals surface area (Å²) in [4.78, 5) is 20.2. The van der Waals surface area contributed by atoms with Crippen molar-refractivity contribution in [3.63, 3.8) is 0 Å². The van der Waals surface area contributed by atoms with Crippen molar-refractivity contribution in [2.75, 3.05) is 18.1 Å². The van der Waals surface area contributed by atoms with Crippen LogP contribution < -0.4 is 9.64 Å². The number of carbonyl (C=O) groups excluding carboxylic acids is 1. The van der Waals surface area contributed by atoms with Gasteiger partial charge < -0.3 is 4.74 Å². The fourth-order valence-electron chi connectivity index (χ4n) is 3.36. The second-order valence-electron chi connectivity index (χ2n) is 6.61. The van der Waals surface area contributed by atoms with E-state index in [-0.39, 0.29) is 5.91 Å². The first-order valence-electron chi connectivity index (χ1n) is 9.27. The van der Waals surface area contributed by atoms with Crippen LogP contribution in [-0.2, 0) is 11.2 Å². The highest BCUT2D eigenvalue weighted by molar-refractivity contribution is 8.19. The highest BCUT2D eigenvalue weighted by atomic mass is 32.2. The number of rotatable bonds is 3. The molecule has 2 aliphatic heterocycles. The lowest BCUT2D eigenvalue weighted by Crippen LogP contribution is -2.29. The van der Waals surface area contributed by atoms with Gasteiger partial charge in [-0.15, -0.1) is 0 Å². The Labute approximate surface area is 163 Å². The van der Waals surface area contributed by atoms with Gasteiger partial charge in [-0.2, -0.15) is 0 Å². The van der Waals surface area contributed by atoms with Gasteiger partial charge in [0.2, 0.25) is 0 Å². The van der Waals surface area contributed by atoms with Crippen LogP contribution in [0.3, 0.4) is 0 Å². The summed E-state index contributed by atoms with van der Waals surface area (Å²) in [5, 5.41) is 0.740. The fraction of sp³-hybridized carbons (Fsp3) is 0.273. The molecular weight excluding hydrogens is 356 g/mol. The minimum absolute atomic E-state index is 0.0181. The van der Waals surface area contributed by atoms with E-state index in [1.807, 2.05) is 56.3 Å². The van der Waals surface area contributed by atoms with Crippen LogP contribution in [0.2, 0.25) is 0 Å². The van der Waals surface area contributed by atoms with E-state index in [0.717, 1.165) is 47.2 Å². The van der Waals surface area contributed by atoms with Gasteiger partial charge in [0.25, 0.3) is 5.91 Å². The number of thioether (sulfide) groups is 1. The predicted octanol–water partition coefficient (Wildman–Crippen LogP) is 4.82. The predicted molar refractivity (Wildman–Crippen MR) is 112 cm³/mol. The number of amidine groups is 1. The first-order chi connectivity index (χ1) is 13.2. The van der Waals surface area contributed by atoms with E-state index in [1.165, 1.54) is 17.3 Å². The third-order valence-corrected chi connectivity index (χ3v) is 5.69. The van der Waals surface area contributed by atoms with Crippen LogP contribution in [-0.4, -0.2) is 24.2 Å². The number of amides is 1. The SMILES string of the molecule is CCN=C1S/C(=C\c2ccc3c(c2)CCCO3)C(=O)N1c1ccccc1C. The number of anilines is 1. The van der Waals surface area contributed by atoms with Crippen LogP contribution in [0.4, 0.5) is 5.69 Å². The molecule has 138 valence electrons. The minimum atomic E-state index is -0.0181. The molecule has 27 heavy (non-hydrogen) atoms. The number of hydrogen-bond acceptors (Lipinski definition) is 4. The standard InChI is InChI=1S/C22H22N2O2S/c1-3-23-22-24(18-9-5-4-7-15(18)2)21(25)20(27-22)14-16-10-11-19-17(13-16)8-6-12-26-19/h4-5,7,9-11,13-14H,3,6,8,12H2,1-2H3/b20-14-,23-22?. The van der Waals surface area contributed by atoms with Gasteiger partial charge >= 0.3 is 0 Å². The third kappa shape index (κ3) is 3.52. The molecule has 0 saturated carbocycles. The molecular formula is C22H22N2O2S. The van der Waals surface area contributed by atoms with Gasteiger partial charge in [-0.25, -0.2) is 0 Å². The number of ether oxygens (including phenoxy) is 1. The van der Waals surface area contributed by atoms with Crippen molar-refractivity contribution in [3.8, 4) is 5.75 Å². The summed E-state index contributed by atoms with van der Waals surface area (Å²) in [7, 11) is 0. The van der Waals surface area contributed by atoms with E-state index in [1.54, 1.807) is 4.90 Å². The Morgan fingerprint density at radius 2 is 2.11 bits per heavy atom. The molecule has 1 saturated heterocycles. The Hall–Kier alpha value is -2.53. The van der Waals surface area contributed by atoms with E-state index in [0.29, 0.717) is 11.4 Å². The molecule has 0 radical (unpaired) electrons. The zero-order chi connectivity index (χ0) is 18.8. The Balaban J connectivity index is 1.70. The van der Waals surface area contributed by atoms with E-state index < -0.39 is 0 Å². The number of nitrogens with zero attached hydrogens (tertiary/aromatic N) is 2. The number of benzene rings is 2. The van der Waals surface area contributed by atoms with E-state index in [2.05, 4.69) is 11.1 Å². The van der Waals surface area contributed by atoms with Gasteiger partial charge in [0.05, 0.1) is 17.2 Å². The monoisotopic (exact) mass is 378 g/mol. The lowest BCUT2D eigenvalue weighted by Gasteiger charge is -2.18. The van der Waals surface area contributed by atoms with Crippen molar-refractivity contribution in [3.05, 3.63) is 64.1 Å². The minimum Gasteiger partial charge on any atom is -0.493 e. The Morgan fingerprint density at radius 3 is 2.93 bits per heavy atom. The van der Waals surface area contributed by atoms with Gasteiger partial charge in [-0.1, -0.05) is 24.3 Å². The number of carbonyl (C=O) groups is 1. The van der Waals surface area contributed by atoms with Gasteiger partial charge in [-0.3, -0.25) is 14.7 Å². The summed E-state index contributed by atoms with van der Waals surface area (Å²) in [6, 6.07) is 14.1. The largest absolute Gasteiger partial charge is 0.493 e. The summed E-state index contributed by atoms with van der Waals surface area (Å²) < 4.78 is 5.69. The fourth-order valence-corrected chi connectivity index (χ4v) is 4.40. The van der Waals surface area contributed by atoms with Crippen molar-refractivity contribution < 1.29 is 9.53 Å². The third-order valence-electron chi connectivity index (χ3n) is 4.69. The lowest BCUT2D eigenvalue weighted by molar-refractivity contribution is -0.113. The second kappa shape index (κ2) is 7.61. The smallest absolute Gasteiger partial charge is 0.271 e. The molecule has 2 heterocycles. The molecule has 2 aliphatic rings. The van der Waals surface area contributed by atoms with Crippen molar-refractivity contribution in [2.24, 2.45) is 4.99 Å². The molecule has 0 unspecified atom stereocenters. The average molecular weight is 378 g/mol. The van der Waals surface area contributed by atoms with E-state index in [9.17, 15) is 4.79 Å². The van der Waals surface area contributed by atoms with Crippen LogP contribution in [0.15, 0.2) is 52.4 Å². The molecule has 0 aromatic heterocycles. The maximum absolute atomic E-state index is 13.2. The molecule has 0 atom stereocenters. The molecule has 1 amide bonds. The topological polar surface area (TPSA) is 41.9 Å². The maximum atomic E-state index is 13.2. The molecule has 0 aliphatic carbocycles. The Kier molecular flexibility index (Phi) is 5.03. The molecule has 2 aromatic carbocycles. The highest BCUT2D eigenvalue weighted by Crippen LogP contribution is 2.37. The number of fused-ring (bicyclic) bond motifs is 1. The summed E-state index contributed by atoms with van der Waals surface area (Å²) in [6.07, 6.45) is 4.02. The first-order valence-corrected chi connectivity index (χ1v) is 10.1. The summed E-state index contributed by atoms with van der Waals surface area (Å²) in [6.45, 7) is 5.42. The molecule has 0 N–H and O–H groups in total. The average Bonchev–Trinajstić information content (AvgIpc) is 2.97. The van der Waals surface area contributed by atoms with Crippen LogP contribution in [0.25, 0.3) is 6.08 Å². The van der Waals surface area contributed by atoms with Gasteiger partial charge in [0.1, 0.15) is 5.75 Å². The summed E-state index contributed by atoms with van der Waals surface area (Å²) in [5.74, 6) is 0.944. The van der Waals surface area contributed by atoms with Crippen molar-refractivity contribution in [2.45, 2.75) is 26.7 Å². The van der Waals surface area contributed by atoms with E-state index >= 15 is 0 Å². The Bertz CT molecular complexity index is 949. The zero-order valence-corrected chi connectivity index (χ0v) is 16.4. The van der Waals surface area contributed by atoms with Crippen molar-refractivity contribution >= 4 is 34.6 Å². The molecule has 4 rings (SSSR count). The number of aryl methyl sites for hydroxylation is 2. The summed E-state index contributed by atoms with van der Waals surface area (Å²) >= 11 is 1.44. The molecule has 1 fully saturated rings.